The second kappa shape index (κ2) is 9.84. The molecule has 0 aromatic heterocycles. The van der Waals surface area contributed by atoms with Gasteiger partial charge in [-0.05, 0) is 44.4 Å². The van der Waals surface area contributed by atoms with Crippen molar-refractivity contribution in [3.8, 4) is 11.8 Å². The first-order valence-electron chi connectivity index (χ1n) is 9.63. The van der Waals surface area contributed by atoms with Crippen LogP contribution in [0.15, 0.2) is 41.0 Å². The number of hydrogen-bond acceptors (Lipinski definition) is 6. The molecule has 1 aromatic rings. The van der Waals surface area contributed by atoms with Gasteiger partial charge in [0.05, 0.1) is 24.7 Å². The van der Waals surface area contributed by atoms with E-state index in [2.05, 4.69) is 13.0 Å². The van der Waals surface area contributed by atoms with Crippen LogP contribution in [0.2, 0.25) is 0 Å². The van der Waals surface area contributed by atoms with Crippen molar-refractivity contribution in [2.75, 3.05) is 13.2 Å². The van der Waals surface area contributed by atoms with Crippen LogP contribution < -0.4 is 10.5 Å². The predicted octanol–water partition coefficient (Wildman–Crippen LogP) is 4.21. The Bertz CT molecular complexity index is 833. The van der Waals surface area contributed by atoms with E-state index in [0.29, 0.717) is 12.4 Å². The molecule has 0 spiro atoms. The number of carbonyl (C=O) groups is 1. The zero-order valence-electron chi connectivity index (χ0n) is 17.0. The number of hydrogen-bond donors (Lipinski definition) is 1. The molecule has 6 heteroatoms. The van der Waals surface area contributed by atoms with Crippen LogP contribution in [-0.4, -0.2) is 19.2 Å². The molecule has 1 unspecified atom stereocenters. The lowest BCUT2D eigenvalue weighted by atomic mass is 9.82. The van der Waals surface area contributed by atoms with Crippen LogP contribution in [0.4, 0.5) is 0 Å². The number of allylic oxidation sites excluding steroid dienone is 2. The summed E-state index contributed by atoms with van der Waals surface area (Å²) in [5.74, 6) is -0.0978. The van der Waals surface area contributed by atoms with Crippen molar-refractivity contribution >= 4 is 5.97 Å². The average molecular weight is 384 g/mol. The van der Waals surface area contributed by atoms with Gasteiger partial charge in [-0.3, -0.25) is 0 Å². The second-order valence-corrected chi connectivity index (χ2v) is 6.70. The summed E-state index contributed by atoms with van der Waals surface area (Å²) in [6.07, 6.45) is 3.19. The van der Waals surface area contributed by atoms with E-state index in [4.69, 9.17) is 19.9 Å². The van der Waals surface area contributed by atoms with E-state index in [1.807, 2.05) is 25.1 Å². The third kappa shape index (κ3) is 4.66. The number of rotatable bonds is 8. The Kier molecular flexibility index (Phi) is 7.51. The molecule has 1 atom stereocenters. The summed E-state index contributed by atoms with van der Waals surface area (Å²) in [6, 6.07) is 7.76. The molecule has 0 fully saturated rings. The molecule has 0 amide bonds. The molecule has 150 valence electrons. The van der Waals surface area contributed by atoms with Gasteiger partial charge in [-0.15, -0.1) is 0 Å². The highest BCUT2D eigenvalue weighted by Crippen LogP contribution is 2.40. The van der Waals surface area contributed by atoms with E-state index in [-0.39, 0.29) is 23.6 Å². The molecule has 0 saturated carbocycles. The number of carbonyl (C=O) groups excluding carboxylic acids is 1. The highest BCUT2D eigenvalue weighted by molar-refractivity contribution is 5.92. The Labute approximate surface area is 166 Å². The van der Waals surface area contributed by atoms with Crippen LogP contribution in [0.25, 0.3) is 0 Å². The monoisotopic (exact) mass is 384 g/mol. The van der Waals surface area contributed by atoms with Gasteiger partial charge in [-0.2, -0.15) is 5.26 Å². The standard InChI is InChI=1S/C22H28N2O4/c1-5-7-8-11-27-18-12-16(10-9-14(18)3)20-17(13-23)21(24)28-15(4)19(20)22(25)26-6-2/h9-10,12,20H,5-8,11,24H2,1-4H3. The Morgan fingerprint density at radius 2 is 2.04 bits per heavy atom. The van der Waals surface area contributed by atoms with Gasteiger partial charge < -0.3 is 19.9 Å². The van der Waals surface area contributed by atoms with Crippen molar-refractivity contribution in [1.82, 2.24) is 0 Å². The van der Waals surface area contributed by atoms with E-state index in [1.54, 1.807) is 13.8 Å². The Hall–Kier alpha value is -2.94. The molecule has 28 heavy (non-hydrogen) atoms. The SMILES string of the molecule is CCCCCOc1cc(C2C(C#N)=C(N)OC(C)=C2C(=O)OCC)ccc1C. The number of benzene rings is 1. The van der Waals surface area contributed by atoms with Crippen LogP contribution in [0.1, 0.15) is 57.1 Å². The van der Waals surface area contributed by atoms with Crippen molar-refractivity contribution in [3.63, 3.8) is 0 Å². The van der Waals surface area contributed by atoms with Crippen molar-refractivity contribution in [3.05, 3.63) is 52.1 Å². The molecule has 1 aromatic carbocycles. The van der Waals surface area contributed by atoms with Gasteiger partial charge >= 0.3 is 5.97 Å². The number of ether oxygens (including phenoxy) is 3. The lowest BCUT2D eigenvalue weighted by Gasteiger charge is -2.27. The fourth-order valence-electron chi connectivity index (χ4n) is 3.17. The topological polar surface area (TPSA) is 94.6 Å². The van der Waals surface area contributed by atoms with Crippen molar-refractivity contribution in [2.45, 2.75) is 52.9 Å². The van der Waals surface area contributed by atoms with E-state index in [1.165, 1.54) is 0 Å². The minimum absolute atomic E-state index is 0.00374. The average Bonchev–Trinajstić information content (AvgIpc) is 2.66. The lowest BCUT2D eigenvalue weighted by molar-refractivity contribution is -0.139. The number of esters is 1. The summed E-state index contributed by atoms with van der Waals surface area (Å²) < 4.78 is 16.6. The van der Waals surface area contributed by atoms with Gasteiger partial charge in [-0.25, -0.2) is 4.79 Å². The van der Waals surface area contributed by atoms with E-state index in [9.17, 15) is 10.1 Å². The van der Waals surface area contributed by atoms with Crippen LogP contribution in [0.3, 0.4) is 0 Å². The predicted molar refractivity (Wildman–Crippen MR) is 106 cm³/mol. The third-order valence-electron chi connectivity index (χ3n) is 4.65. The molecule has 1 aliphatic rings. The first-order valence-corrected chi connectivity index (χ1v) is 9.63. The highest BCUT2D eigenvalue weighted by atomic mass is 16.5. The Balaban J connectivity index is 2.46. The van der Waals surface area contributed by atoms with Crippen LogP contribution in [-0.2, 0) is 14.3 Å². The van der Waals surface area contributed by atoms with Gasteiger partial charge in [0.25, 0.3) is 0 Å². The van der Waals surface area contributed by atoms with Crippen LogP contribution >= 0.6 is 0 Å². The zero-order chi connectivity index (χ0) is 20.7. The summed E-state index contributed by atoms with van der Waals surface area (Å²) in [4.78, 5) is 12.6. The van der Waals surface area contributed by atoms with Gasteiger partial charge in [0.15, 0.2) is 0 Å². The minimum atomic E-state index is -0.656. The molecular formula is C22H28N2O4. The summed E-state index contributed by atoms with van der Waals surface area (Å²) in [5, 5.41) is 9.66. The molecule has 1 heterocycles. The smallest absolute Gasteiger partial charge is 0.338 e. The number of unbranched alkanes of at least 4 members (excludes halogenated alkanes) is 2. The summed E-state index contributed by atoms with van der Waals surface area (Å²) in [7, 11) is 0. The maximum absolute atomic E-state index is 12.6. The normalized spacial score (nSPS) is 16.5. The zero-order valence-corrected chi connectivity index (χ0v) is 17.0. The van der Waals surface area contributed by atoms with E-state index < -0.39 is 11.9 Å². The fourth-order valence-corrected chi connectivity index (χ4v) is 3.17. The molecule has 1 aliphatic heterocycles. The van der Waals surface area contributed by atoms with E-state index >= 15 is 0 Å². The van der Waals surface area contributed by atoms with Gasteiger partial charge in [0, 0.05) is 0 Å². The molecular weight excluding hydrogens is 356 g/mol. The lowest BCUT2D eigenvalue weighted by Crippen LogP contribution is -2.25. The number of nitrogens with zero attached hydrogens (tertiary/aromatic N) is 1. The van der Waals surface area contributed by atoms with Crippen LogP contribution in [0.5, 0.6) is 5.75 Å². The quantitative estimate of drug-likeness (QED) is 0.533. The number of nitriles is 1. The Morgan fingerprint density at radius 3 is 2.68 bits per heavy atom. The first kappa shape index (κ1) is 21.4. The molecule has 0 aliphatic carbocycles. The maximum Gasteiger partial charge on any atom is 0.338 e. The summed E-state index contributed by atoms with van der Waals surface area (Å²) in [5.41, 5.74) is 8.14. The highest BCUT2D eigenvalue weighted by Gasteiger charge is 2.36. The third-order valence-corrected chi connectivity index (χ3v) is 4.65. The van der Waals surface area contributed by atoms with Crippen molar-refractivity contribution in [1.29, 1.82) is 5.26 Å². The van der Waals surface area contributed by atoms with Crippen molar-refractivity contribution in [2.24, 2.45) is 5.73 Å². The molecule has 6 nitrogen and oxygen atoms in total. The second-order valence-electron chi connectivity index (χ2n) is 6.70. The van der Waals surface area contributed by atoms with Gasteiger partial charge in [-0.1, -0.05) is 31.9 Å². The van der Waals surface area contributed by atoms with Gasteiger partial charge in [0.2, 0.25) is 5.88 Å². The number of aryl methyl sites for hydroxylation is 1. The summed E-state index contributed by atoms with van der Waals surface area (Å²) in [6.45, 7) is 8.33. The fraction of sp³-hybridized carbons (Fsp3) is 0.455. The van der Waals surface area contributed by atoms with Crippen molar-refractivity contribution < 1.29 is 19.0 Å². The molecule has 2 rings (SSSR count). The molecule has 2 N–H and O–H groups in total. The molecule has 0 radical (unpaired) electrons. The van der Waals surface area contributed by atoms with E-state index in [0.717, 1.165) is 36.1 Å². The van der Waals surface area contributed by atoms with Crippen LogP contribution in [0, 0.1) is 18.3 Å². The maximum atomic E-state index is 12.6. The van der Waals surface area contributed by atoms with Gasteiger partial charge in [0.1, 0.15) is 23.2 Å². The Morgan fingerprint density at radius 1 is 1.29 bits per heavy atom. The largest absolute Gasteiger partial charge is 0.493 e. The molecule has 0 bridgehead atoms. The molecule has 0 saturated heterocycles. The summed E-state index contributed by atoms with van der Waals surface area (Å²) >= 11 is 0. The first-order chi connectivity index (χ1) is 13.4. The number of nitrogens with two attached hydrogens (primary N) is 1. The minimum Gasteiger partial charge on any atom is -0.493 e.